The van der Waals surface area contributed by atoms with Crippen LogP contribution >= 0.6 is 0 Å². The van der Waals surface area contributed by atoms with Crippen LogP contribution in [-0.4, -0.2) is 25.3 Å². The first-order chi connectivity index (χ1) is 11.8. The summed E-state index contributed by atoms with van der Waals surface area (Å²) in [6.45, 7) is 2.19. The van der Waals surface area contributed by atoms with E-state index in [4.69, 9.17) is 4.74 Å². The van der Waals surface area contributed by atoms with Crippen molar-refractivity contribution in [3.63, 3.8) is 0 Å². The summed E-state index contributed by atoms with van der Waals surface area (Å²) in [5.74, 6) is -0.0733. The van der Waals surface area contributed by atoms with Gasteiger partial charge in [-0.2, -0.15) is 0 Å². The van der Waals surface area contributed by atoms with E-state index < -0.39 is 0 Å². The van der Waals surface area contributed by atoms with Gasteiger partial charge in [-0.15, -0.1) is 0 Å². The van der Waals surface area contributed by atoms with Crippen LogP contribution in [-0.2, 0) is 14.3 Å². The lowest BCUT2D eigenvalue weighted by Gasteiger charge is -2.02. The quantitative estimate of drug-likeness (QED) is 0.151. The van der Waals surface area contributed by atoms with Crippen molar-refractivity contribution in [3.8, 4) is 0 Å². The second-order valence-electron chi connectivity index (χ2n) is 6.98. The molecule has 0 bridgehead atoms. The zero-order chi connectivity index (χ0) is 17.5. The third-order valence-electron chi connectivity index (χ3n) is 4.85. The van der Waals surface area contributed by atoms with Crippen LogP contribution in [0.15, 0.2) is 12.2 Å². The first kappa shape index (κ1) is 21.2. The first-order valence-corrected chi connectivity index (χ1v) is 10.1. The van der Waals surface area contributed by atoms with Gasteiger partial charge in [0.1, 0.15) is 0 Å². The highest BCUT2D eigenvalue weighted by molar-refractivity contribution is 5.68. The average Bonchev–Trinajstić information content (AvgIpc) is 3.36. The van der Waals surface area contributed by atoms with Gasteiger partial charge in [0, 0.05) is 6.42 Å². The number of allylic oxidation sites excluding steroid dienone is 1. The Morgan fingerprint density at radius 1 is 0.875 bits per heavy atom. The molecule has 0 aromatic heterocycles. The zero-order valence-electron chi connectivity index (χ0n) is 15.9. The predicted octanol–water partition coefficient (Wildman–Crippen LogP) is 5.96. The molecule has 1 aliphatic rings. The van der Waals surface area contributed by atoms with E-state index in [1.807, 2.05) is 0 Å². The molecule has 0 amide bonds. The van der Waals surface area contributed by atoms with Gasteiger partial charge in [0.2, 0.25) is 0 Å². The number of hydrogen-bond acceptors (Lipinski definition) is 3. The summed E-state index contributed by atoms with van der Waals surface area (Å²) < 4.78 is 10.2. The Bertz CT molecular complexity index is 338. The zero-order valence-corrected chi connectivity index (χ0v) is 15.9. The molecule has 1 saturated heterocycles. The van der Waals surface area contributed by atoms with Gasteiger partial charge in [-0.05, 0) is 32.1 Å². The molecule has 0 radical (unpaired) electrons. The Morgan fingerprint density at radius 3 is 2.00 bits per heavy atom. The van der Waals surface area contributed by atoms with Crippen molar-refractivity contribution in [1.82, 2.24) is 0 Å². The summed E-state index contributed by atoms with van der Waals surface area (Å²) >= 11 is 0. The highest BCUT2D eigenvalue weighted by atomic mass is 16.6. The second kappa shape index (κ2) is 14.5. The van der Waals surface area contributed by atoms with Gasteiger partial charge >= 0.3 is 5.97 Å². The molecule has 0 saturated carbocycles. The fourth-order valence-corrected chi connectivity index (χ4v) is 3.14. The number of carbonyl (C=O) groups excluding carboxylic acids is 1. The van der Waals surface area contributed by atoms with Gasteiger partial charge in [0.05, 0.1) is 19.3 Å². The Balaban J connectivity index is 1.70. The number of esters is 1. The summed E-state index contributed by atoms with van der Waals surface area (Å²) in [6, 6.07) is 0. The van der Waals surface area contributed by atoms with Gasteiger partial charge < -0.3 is 9.47 Å². The first-order valence-electron chi connectivity index (χ1n) is 10.1. The highest BCUT2D eigenvalue weighted by Gasteiger charge is 2.35. The van der Waals surface area contributed by atoms with E-state index in [0.29, 0.717) is 18.6 Å². The minimum Gasteiger partial charge on any atom is -0.469 e. The van der Waals surface area contributed by atoms with Crippen molar-refractivity contribution in [1.29, 1.82) is 0 Å². The lowest BCUT2D eigenvalue weighted by atomic mass is 10.0. The van der Waals surface area contributed by atoms with Gasteiger partial charge in [0.25, 0.3) is 0 Å². The minimum atomic E-state index is -0.0733. The maximum Gasteiger partial charge on any atom is 0.305 e. The van der Waals surface area contributed by atoms with E-state index in [2.05, 4.69) is 23.8 Å². The lowest BCUT2D eigenvalue weighted by molar-refractivity contribution is -0.140. The lowest BCUT2D eigenvalue weighted by Crippen LogP contribution is -1.99. The Labute approximate surface area is 149 Å². The highest BCUT2D eigenvalue weighted by Crippen LogP contribution is 2.28. The van der Waals surface area contributed by atoms with Crippen molar-refractivity contribution in [2.24, 2.45) is 0 Å². The molecule has 0 aromatic rings. The molecule has 1 heterocycles. The number of hydrogen-bond donors (Lipinski definition) is 0. The van der Waals surface area contributed by atoms with Gasteiger partial charge in [-0.3, -0.25) is 4.79 Å². The van der Waals surface area contributed by atoms with Gasteiger partial charge in [-0.25, -0.2) is 0 Å². The van der Waals surface area contributed by atoms with E-state index in [1.54, 1.807) is 0 Å². The monoisotopic (exact) mass is 338 g/mol. The molecular weight excluding hydrogens is 300 g/mol. The van der Waals surface area contributed by atoms with Crippen LogP contribution in [0, 0.1) is 0 Å². The van der Waals surface area contributed by atoms with Crippen LogP contribution in [0.5, 0.6) is 0 Å². The van der Waals surface area contributed by atoms with E-state index >= 15 is 0 Å². The molecule has 1 aliphatic heterocycles. The topological polar surface area (TPSA) is 38.8 Å². The molecule has 140 valence electrons. The fourth-order valence-electron chi connectivity index (χ4n) is 3.14. The average molecular weight is 339 g/mol. The SMILES string of the molecule is CCC1OC1C/C=C\CCCCCCCCCCCCC(=O)OC. The Kier molecular flexibility index (Phi) is 12.8. The van der Waals surface area contributed by atoms with E-state index in [9.17, 15) is 4.79 Å². The van der Waals surface area contributed by atoms with Crippen molar-refractivity contribution < 1.29 is 14.3 Å². The molecule has 1 fully saturated rings. The fraction of sp³-hybridized carbons (Fsp3) is 0.857. The van der Waals surface area contributed by atoms with Crippen LogP contribution in [0.25, 0.3) is 0 Å². The molecule has 3 heteroatoms. The summed E-state index contributed by atoms with van der Waals surface area (Å²) in [7, 11) is 1.46. The largest absolute Gasteiger partial charge is 0.469 e. The predicted molar refractivity (Wildman–Crippen MR) is 100 cm³/mol. The molecule has 2 atom stereocenters. The van der Waals surface area contributed by atoms with Crippen LogP contribution < -0.4 is 0 Å². The smallest absolute Gasteiger partial charge is 0.305 e. The number of methoxy groups -OCH3 is 1. The van der Waals surface area contributed by atoms with Gasteiger partial charge in [-0.1, -0.05) is 70.4 Å². The van der Waals surface area contributed by atoms with Crippen molar-refractivity contribution >= 4 is 5.97 Å². The van der Waals surface area contributed by atoms with Crippen LogP contribution in [0.4, 0.5) is 0 Å². The summed E-state index contributed by atoms with van der Waals surface area (Å²) in [4.78, 5) is 11.0. The number of epoxide rings is 1. The van der Waals surface area contributed by atoms with E-state index in [-0.39, 0.29) is 5.97 Å². The van der Waals surface area contributed by atoms with Crippen molar-refractivity contribution in [3.05, 3.63) is 12.2 Å². The molecule has 0 aromatic carbocycles. The minimum absolute atomic E-state index is 0.0733. The molecular formula is C21H38O3. The maximum atomic E-state index is 11.0. The molecule has 24 heavy (non-hydrogen) atoms. The number of rotatable bonds is 16. The number of carbonyl (C=O) groups is 1. The van der Waals surface area contributed by atoms with Gasteiger partial charge in [0.15, 0.2) is 0 Å². The number of ether oxygens (including phenoxy) is 2. The third-order valence-corrected chi connectivity index (χ3v) is 4.85. The standard InChI is InChI=1S/C21H38O3/c1-3-19-20(24-19)17-15-13-11-9-7-5-4-6-8-10-12-14-16-18-21(22)23-2/h13,15,19-20H,3-12,14,16-18H2,1-2H3/b15-13-. The van der Waals surface area contributed by atoms with E-state index in [0.717, 1.165) is 25.7 Å². The van der Waals surface area contributed by atoms with Crippen molar-refractivity contribution in [2.75, 3.05) is 7.11 Å². The normalized spacial score (nSPS) is 19.8. The van der Waals surface area contributed by atoms with Crippen LogP contribution in [0.1, 0.15) is 96.8 Å². The third kappa shape index (κ3) is 11.7. The Morgan fingerprint density at radius 2 is 1.46 bits per heavy atom. The Hall–Kier alpha value is -0.830. The van der Waals surface area contributed by atoms with Crippen LogP contribution in [0.3, 0.4) is 0 Å². The second-order valence-corrected chi connectivity index (χ2v) is 6.98. The van der Waals surface area contributed by atoms with Crippen molar-refractivity contribution in [2.45, 2.75) is 109 Å². The molecule has 0 spiro atoms. The molecule has 0 N–H and O–H groups in total. The molecule has 2 unspecified atom stereocenters. The van der Waals surface area contributed by atoms with E-state index in [1.165, 1.54) is 64.9 Å². The van der Waals surface area contributed by atoms with Crippen LogP contribution in [0.2, 0.25) is 0 Å². The summed E-state index contributed by atoms with van der Waals surface area (Å²) in [5, 5.41) is 0. The number of unbranched alkanes of at least 4 members (excludes halogenated alkanes) is 10. The summed E-state index contributed by atoms with van der Waals surface area (Å²) in [5.41, 5.74) is 0. The molecule has 1 rings (SSSR count). The molecule has 0 aliphatic carbocycles. The maximum absolute atomic E-state index is 11.0. The molecule has 3 nitrogen and oxygen atoms in total. The summed E-state index contributed by atoms with van der Waals surface area (Å²) in [6.07, 6.45) is 22.6.